The van der Waals surface area contributed by atoms with Crippen LogP contribution in [0.2, 0.25) is 0 Å². The topological polar surface area (TPSA) is 34.9 Å². The van der Waals surface area contributed by atoms with Gasteiger partial charge in [0.2, 0.25) is 0 Å². The highest BCUT2D eigenvalue weighted by Crippen LogP contribution is 2.24. The summed E-state index contributed by atoms with van der Waals surface area (Å²) in [6, 6.07) is 10.3. The van der Waals surface area contributed by atoms with Gasteiger partial charge in [-0.05, 0) is 38.0 Å². The van der Waals surface area contributed by atoms with Gasteiger partial charge < -0.3 is 0 Å². The molecule has 1 heterocycles. The van der Waals surface area contributed by atoms with Crippen LogP contribution in [0.15, 0.2) is 41.4 Å². The highest BCUT2D eigenvalue weighted by atomic mass is 32.2. The van der Waals surface area contributed by atoms with Gasteiger partial charge in [0.15, 0.2) is 5.78 Å². The van der Waals surface area contributed by atoms with Crippen molar-refractivity contribution < 1.29 is 4.79 Å². The average molecular weight is 302 g/mol. The lowest BCUT2D eigenvalue weighted by Crippen LogP contribution is -2.07. The summed E-state index contributed by atoms with van der Waals surface area (Å²) in [4.78, 5) is 12.5. The molecule has 0 aliphatic rings. The summed E-state index contributed by atoms with van der Waals surface area (Å²) in [5.74, 6) is 0.935. The van der Waals surface area contributed by atoms with Gasteiger partial charge in [0.1, 0.15) is 0 Å². The first kappa shape index (κ1) is 15.8. The fourth-order valence-corrected chi connectivity index (χ4v) is 3.14. The molecule has 0 N–H and O–H groups in total. The van der Waals surface area contributed by atoms with Gasteiger partial charge in [-0.3, -0.25) is 9.48 Å². The molecule has 0 spiro atoms. The van der Waals surface area contributed by atoms with Crippen molar-refractivity contribution >= 4 is 17.5 Å². The fourth-order valence-electron chi connectivity index (χ4n) is 2.28. The summed E-state index contributed by atoms with van der Waals surface area (Å²) in [6.45, 7) is 5.98. The maximum atomic E-state index is 11.4. The SMILES string of the molecule is CCC(CC)n1ccc(CSc2cccc(C(C)=O)c2)n1. The van der Waals surface area contributed by atoms with Crippen LogP contribution in [0.5, 0.6) is 0 Å². The van der Waals surface area contributed by atoms with E-state index in [1.165, 1.54) is 0 Å². The van der Waals surface area contributed by atoms with Crippen molar-refractivity contribution in [2.24, 2.45) is 0 Å². The number of rotatable bonds is 7. The standard InChI is InChI=1S/C17H22N2OS/c1-4-16(5-2)19-10-9-15(18-19)12-21-17-8-6-7-14(11-17)13(3)20/h6-11,16H,4-5,12H2,1-3H3. The Morgan fingerprint density at radius 3 is 2.71 bits per heavy atom. The van der Waals surface area contributed by atoms with Crippen molar-refractivity contribution in [2.75, 3.05) is 0 Å². The van der Waals surface area contributed by atoms with Crippen LogP contribution in [0.4, 0.5) is 0 Å². The predicted octanol–water partition coefficient (Wildman–Crippen LogP) is 4.74. The monoisotopic (exact) mass is 302 g/mol. The van der Waals surface area contributed by atoms with E-state index in [1.54, 1.807) is 18.7 Å². The highest BCUT2D eigenvalue weighted by Gasteiger charge is 2.08. The molecule has 0 aliphatic heterocycles. The Balaban J connectivity index is 2.00. The van der Waals surface area contributed by atoms with E-state index in [0.29, 0.717) is 6.04 Å². The molecule has 21 heavy (non-hydrogen) atoms. The van der Waals surface area contributed by atoms with E-state index < -0.39 is 0 Å². The normalized spacial score (nSPS) is 11.0. The number of carbonyl (C=O) groups is 1. The molecule has 3 nitrogen and oxygen atoms in total. The highest BCUT2D eigenvalue weighted by molar-refractivity contribution is 7.98. The zero-order valence-corrected chi connectivity index (χ0v) is 13.7. The van der Waals surface area contributed by atoms with E-state index in [0.717, 1.165) is 34.7 Å². The second-order valence-corrected chi connectivity index (χ2v) is 6.18. The minimum atomic E-state index is 0.107. The van der Waals surface area contributed by atoms with Crippen molar-refractivity contribution in [1.82, 2.24) is 9.78 Å². The van der Waals surface area contributed by atoms with E-state index in [9.17, 15) is 4.79 Å². The first-order chi connectivity index (χ1) is 10.1. The van der Waals surface area contributed by atoms with Crippen molar-refractivity contribution in [3.8, 4) is 0 Å². The molecule has 1 aromatic heterocycles. The minimum absolute atomic E-state index is 0.107. The van der Waals surface area contributed by atoms with E-state index in [1.807, 2.05) is 24.3 Å². The second kappa shape index (κ2) is 7.46. The Morgan fingerprint density at radius 1 is 1.29 bits per heavy atom. The van der Waals surface area contributed by atoms with Crippen molar-refractivity contribution in [2.45, 2.75) is 50.3 Å². The van der Waals surface area contributed by atoms with Crippen molar-refractivity contribution in [3.05, 3.63) is 47.8 Å². The molecule has 0 saturated heterocycles. The summed E-state index contributed by atoms with van der Waals surface area (Å²) in [5.41, 5.74) is 1.85. The van der Waals surface area contributed by atoms with Crippen molar-refractivity contribution in [3.63, 3.8) is 0 Å². The quantitative estimate of drug-likeness (QED) is 0.547. The van der Waals surface area contributed by atoms with Gasteiger partial charge >= 0.3 is 0 Å². The molecule has 0 amide bonds. The van der Waals surface area contributed by atoms with Crippen LogP contribution in [0.25, 0.3) is 0 Å². The summed E-state index contributed by atoms with van der Waals surface area (Å²) >= 11 is 1.72. The van der Waals surface area contributed by atoms with Crippen LogP contribution in [-0.2, 0) is 5.75 Å². The molecule has 4 heteroatoms. The zero-order chi connectivity index (χ0) is 15.2. The molecule has 0 fully saturated rings. The molecule has 1 aromatic carbocycles. The summed E-state index contributed by atoms with van der Waals surface area (Å²) in [7, 11) is 0. The van der Waals surface area contributed by atoms with Crippen LogP contribution >= 0.6 is 11.8 Å². The van der Waals surface area contributed by atoms with Crippen LogP contribution in [0, 0.1) is 0 Å². The Kier molecular flexibility index (Phi) is 5.62. The van der Waals surface area contributed by atoms with Crippen LogP contribution < -0.4 is 0 Å². The number of nitrogens with zero attached hydrogens (tertiary/aromatic N) is 2. The molecule has 2 aromatic rings. The Morgan fingerprint density at radius 2 is 2.05 bits per heavy atom. The number of hydrogen-bond acceptors (Lipinski definition) is 3. The predicted molar refractivity (Wildman–Crippen MR) is 87.9 cm³/mol. The van der Waals surface area contributed by atoms with Crippen LogP contribution in [0.3, 0.4) is 0 Å². The van der Waals surface area contributed by atoms with Gasteiger partial charge in [-0.15, -0.1) is 11.8 Å². The van der Waals surface area contributed by atoms with Crippen LogP contribution in [-0.4, -0.2) is 15.6 Å². The minimum Gasteiger partial charge on any atom is -0.295 e. The maximum Gasteiger partial charge on any atom is 0.159 e. The smallest absolute Gasteiger partial charge is 0.159 e. The van der Waals surface area contributed by atoms with Gasteiger partial charge in [-0.25, -0.2) is 0 Å². The third-order valence-corrected chi connectivity index (χ3v) is 4.63. The van der Waals surface area contributed by atoms with Gasteiger partial charge in [0.25, 0.3) is 0 Å². The van der Waals surface area contributed by atoms with Gasteiger partial charge in [0.05, 0.1) is 11.7 Å². The van der Waals surface area contributed by atoms with E-state index in [-0.39, 0.29) is 5.78 Å². The Hall–Kier alpha value is -1.55. The molecule has 0 atom stereocenters. The Bertz CT molecular complexity index is 602. The first-order valence-electron chi connectivity index (χ1n) is 7.41. The van der Waals surface area contributed by atoms with Gasteiger partial charge in [-0.1, -0.05) is 26.0 Å². The molecule has 0 aliphatic carbocycles. The molecule has 0 saturated carbocycles. The summed E-state index contributed by atoms with van der Waals surface area (Å²) in [6.07, 6.45) is 4.27. The lowest BCUT2D eigenvalue weighted by Gasteiger charge is -2.12. The van der Waals surface area contributed by atoms with E-state index >= 15 is 0 Å². The number of aromatic nitrogens is 2. The maximum absolute atomic E-state index is 11.4. The molecular weight excluding hydrogens is 280 g/mol. The zero-order valence-electron chi connectivity index (χ0n) is 12.9. The van der Waals surface area contributed by atoms with E-state index in [4.69, 9.17) is 0 Å². The van der Waals surface area contributed by atoms with Gasteiger partial charge in [-0.2, -0.15) is 5.10 Å². The third kappa shape index (κ3) is 4.21. The molecule has 0 unspecified atom stereocenters. The Labute approximate surface area is 130 Å². The largest absolute Gasteiger partial charge is 0.295 e. The lowest BCUT2D eigenvalue weighted by molar-refractivity contribution is 0.101. The molecule has 0 bridgehead atoms. The molecule has 2 rings (SSSR count). The third-order valence-electron chi connectivity index (χ3n) is 3.61. The summed E-state index contributed by atoms with van der Waals surface area (Å²) < 4.78 is 2.07. The number of ketones is 1. The molecule has 0 radical (unpaired) electrons. The number of thioether (sulfide) groups is 1. The fraction of sp³-hybridized carbons (Fsp3) is 0.412. The first-order valence-corrected chi connectivity index (χ1v) is 8.40. The van der Waals surface area contributed by atoms with Gasteiger partial charge in [0, 0.05) is 22.4 Å². The number of hydrogen-bond donors (Lipinski definition) is 0. The molecular formula is C17H22N2OS. The summed E-state index contributed by atoms with van der Waals surface area (Å²) in [5, 5.41) is 4.65. The second-order valence-electron chi connectivity index (χ2n) is 5.13. The van der Waals surface area contributed by atoms with E-state index in [2.05, 4.69) is 35.9 Å². The number of Topliss-reactive ketones (excluding diaryl/α,β-unsaturated/α-hetero) is 1. The lowest BCUT2D eigenvalue weighted by atomic mass is 10.2. The number of benzene rings is 1. The van der Waals surface area contributed by atoms with Crippen LogP contribution in [0.1, 0.15) is 55.7 Å². The molecule has 112 valence electrons. The van der Waals surface area contributed by atoms with Crippen molar-refractivity contribution in [1.29, 1.82) is 0 Å². The average Bonchev–Trinajstić information content (AvgIpc) is 2.95. The number of carbonyl (C=O) groups excluding carboxylic acids is 1.